The maximum atomic E-state index is 4.52. The van der Waals surface area contributed by atoms with E-state index in [1.54, 1.807) is 0 Å². The summed E-state index contributed by atoms with van der Waals surface area (Å²) in [6.07, 6.45) is 2.58. The fourth-order valence-electron chi connectivity index (χ4n) is 1.48. The first kappa shape index (κ1) is 9.46. The van der Waals surface area contributed by atoms with Gasteiger partial charge in [0.05, 0.1) is 0 Å². The van der Waals surface area contributed by atoms with Gasteiger partial charge in [-0.2, -0.15) is 0 Å². The molecule has 0 aromatic carbocycles. The summed E-state index contributed by atoms with van der Waals surface area (Å²) in [4.78, 5) is 4.52. The van der Waals surface area contributed by atoms with Crippen LogP contribution in [0.25, 0.3) is 0 Å². The highest BCUT2D eigenvalue weighted by Crippen LogP contribution is 2.24. The monoisotopic (exact) mass is 191 g/mol. The van der Waals surface area contributed by atoms with Gasteiger partial charge in [0.15, 0.2) is 0 Å². The zero-order valence-corrected chi connectivity index (χ0v) is 8.80. The van der Waals surface area contributed by atoms with Gasteiger partial charge in [0.25, 0.3) is 0 Å². The number of nitrogens with one attached hydrogen (secondary N) is 2. The van der Waals surface area contributed by atoms with Gasteiger partial charge in [0.2, 0.25) is 0 Å². The molecule has 2 rings (SSSR count). The molecular weight excluding hydrogens is 174 g/mol. The molecule has 0 aliphatic heterocycles. The Balaban J connectivity index is 2.08. The van der Waals surface area contributed by atoms with Gasteiger partial charge < -0.3 is 10.6 Å². The summed E-state index contributed by atoms with van der Waals surface area (Å²) in [6, 6.07) is 4.89. The van der Waals surface area contributed by atoms with E-state index in [2.05, 4.69) is 34.7 Å². The van der Waals surface area contributed by atoms with Crippen LogP contribution in [0.2, 0.25) is 0 Å². The number of anilines is 1. The van der Waals surface area contributed by atoms with Crippen molar-refractivity contribution in [1.29, 1.82) is 0 Å². The third kappa shape index (κ3) is 2.23. The second kappa shape index (κ2) is 3.96. The predicted octanol–water partition coefficient (Wildman–Crippen LogP) is 1.68. The molecule has 0 saturated heterocycles. The van der Waals surface area contributed by atoms with Crippen molar-refractivity contribution in [3.05, 3.63) is 23.4 Å². The van der Waals surface area contributed by atoms with E-state index in [1.807, 2.05) is 7.05 Å². The van der Waals surface area contributed by atoms with Gasteiger partial charge in [0, 0.05) is 18.3 Å². The van der Waals surface area contributed by atoms with Crippen LogP contribution in [-0.2, 0) is 6.54 Å². The molecule has 0 radical (unpaired) electrons. The Kier molecular flexibility index (Phi) is 2.68. The maximum absolute atomic E-state index is 4.52. The minimum Gasteiger partial charge on any atom is -0.367 e. The third-order valence-electron chi connectivity index (χ3n) is 2.49. The molecule has 0 spiro atoms. The van der Waals surface area contributed by atoms with Crippen molar-refractivity contribution in [2.75, 3.05) is 12.4 Å². The molecule has 14 heavy (non-hydrogen) atoms. The van der Waals surface area contributed by atoms with Crippen LogP contribution in [0.1, 0.15) is 24.1 Å². The van der Waals surface area contributed by atoms with E-state index in [-0.39, 0.29) is 0 Å². The standard InChI is InChI=1S/C11H17N3/c1-8-9(7-12-2)3-6-11(13-8)14-10-4-5-10/h3,6,10,12H,4-5,7H2,1-2H3,(H,13,14). The van der Waals surface area contributed by atoms with Crippen LogP contribution in [0.4, 0.5) is 5.82 Å². The fourth-order valence-corrected chi connectivity index (χ4v) is 1.48. The van der Waals surface area contributed by atoms with E-state index in [0.29, 0.717) is 6.04 Å². The van der Waals surface area contributed by atoms with Crippen molar-refractivity contribution < 1.29 is 0 Å². The average molecular weight is 191 g/mol. The SMILES string of the molecule is CNCc1ccc(NC2CC2)nc1C. The fraction of sp³-hybridized carbons (Fsp3) is 0.545. The van der Waals surface area contributed by atoms with Crippen LogP contribution in [0.5, 0.6) is 0 Å². The van der Waals surface area contributed by atoms with Gasteiger partial charge in [0.1, 0.15) is 5.82 Å². The Hall–Kier alpha value is -1.09. The molecule has 1 aromatic heterocycles. The number of nitrogens with zero attached hydrogens (tertiary/aromatic N) is 1. The molecular formula is C11H17N3. The summed E-state index contributed by atoms with van der Waals surface area (Å²) < 4.78 is 0. The molecule has 76 valence electrons. The van der Waals surface area contributed by atoms with Crippen molar-refractivity contribution >= 4 is 5.82 Å². The molecule has 1 saturated carbocycles. The molecule has 1 heterocycles. The average Bonchev–Trinajstić information content (AvgIpc) is 2.94. The number of aromatic nitrogens is 1. The molecule has 3 nitrogen and oxygen atoms in total. The highest BCUT2D eigenvalue weighted by atomic mass is 15.0. The second-order valence-corrected chi connectivity index (χ2v) is 3.89. The topological polar surface area (TPSA) is 37.0 Å². The molecule has 2 N–H and O–H groups in total. The van der Waals surface area contributed by atoms with Crippen LogP contribution < -0.4 is 10.6 Å². The van der Waals surface area contributed by atoms with Crippen molar-refractivity contribution in [2.24, 2.45) is 0 Å². The number of pyridine rings is 1. The van der Waals surface area contributed by atoms with E-state index < -0.39 is 0 Å². The van der Waals surface area contributed by atoms with Gasteiger partial charge in [-0.25, -0.2) is 4.98 Å². The first-order chi connectivity index (χ1) is 6.79. The van der Waals surface area contributed by atoms with Crippen LogP contribution >= 0.6 is 0 Å². The van der Waals surface area contributed by atoms with Crippen LogP contribution in [-0.4, -0.2) is 18.1 Å². The highest BCUT2D eigenvalue weighted by Gasteiger charge is 2.21. The lowest BCUT2D eigenvalue weighted by Crippen LogP contribution is -2.09. The van der Waals surface area contributed by atoms with E-state index >= 15 is 0 Å². The molecule has 3 heteroatoms. The smallest absolute Gasteiger partial charge is 0.126 e. The zero-order valence-electron chi connectivity index (χ0n) is 8.80. The first-order valence-electron chi connectivity index (χ1n) is 5.17. The van der Waals surface area contributed by atoms with Gasteiger partial charge in [-0.3, -0.25) is 0 Å². The summed E-state index contributed by atoms with van der Waals surface area (Å²) in [5, 5.41) is 6.53. The number of rotatable bonds is 4. The molecule has 1 aliphatic carbocycles. The van der Waals surface area contributed by atoms with Crippen molar-refractivity contribution in [3.8, 4) is 0 Å². The molecule has 1 aromatic rings. The van der Waals surface area contributed by atoms with E-state index in [4.69, 9.17) is 0 Å². The minimum absolute atomic E-state index is 0.678. The van der Waals surface area contributed by atoms with Crippen molar-refractivity contribution in [2.45, 2.75) is 32.4 Å². The van der Waals surface area contributed by atoms with Crippen molar-refractivity contribution in [3.63, 3.8) is 0 Å². The third-order valence-corrected chi connectivity index (χ3v) is 2.49. The lowest BCUT2D eigenvalue weighted by molar-refractivity contribution is 0.804. The Labute approximate surface area is 84.9 Å². The Morgan fingerprint density at radius 3 is 2.79 bits per heavy atom. The first-order valence-corrected chi connectivity index (χ1v) is 5.17. The molecule has 1 aliphatic rings. The molecule has 1 fully saturated rings. The Bertz CT molecular complexity index is 318. The summed E-state index contributed by atoms with van der Waals surface area (Å²) >= 11 is 0. The quantitative estimate of drug-likeness (QED) is 0.760. The van der Waals surface area contributed by atoms with E-state index in [9.17, 15) is 0 Å². The summed E-state index contributed by atoms with van der Waals surface area (Å²) in [7, 11) is 1.95. The lowest BCUT2D eigenvalue weighted by Gasteiger charge is -2.08. The highest BCUT2D eigenvalue weighted by molar-refractivity contribution is 5.40. The lowest BCUT2D eigenvalue weighted by atomic mass is 10.2. The van der Waals surface area contributed by atoms with Gasteiger partial charge in [-0.05, 0) is 38.4 Å². The Morgan fingerprint density at radius 1 is 1.43 bits per heavy atom. The maximum Gasteiger partial charge on any atom is 0.126 e. The minimum atomic E-state index is 0.678. The predicted molar refractivity (Wildman–Crippen MR) is 58.4 cm³/mol. The molecule has 0 unspecified atom stereocenters. The Morgan fingerprint density at radius 2 is 2.21 bits per heavy atom. The van der Waals surface area contributed by atoms with Crippen LogP contribution in [0.15, 0.2) is 12.1 Å². The number of hydrogen-bond acceptors (Lipinski definition) is 3. The zero-order chi connectivity index (χ0) is 9.97. The second-order valence-electron chi connectivity index (χ2n) is 3.89. The van der Waals surface area contributed by atoms with Gasteiger partial charge in [-0.15, -0.1) is 0 Å². The summed E-state index contributed by atoms with van der Waals surface area (Å²) in [6.45, 7) is 2.95. The van der Waals surface area contributed by atoms with Gasteiger partial charge in [-0.1, -0.05) is 6.07 Å². The van der Waals surface area contributed by atoms with Crippen LogP contribution in [0.3, 0.4) is 0 Å². The summed E-state index contributed by atoms with van der Waals surface area (Å²) in [5.74, 6) is 1.02. The number of aryl methyl sites for hydroxylation is 1. The largest absolute Gasteiger partial charge is 0.367 e. The molecule has 0 bridgehead atoms. The normalized spacial score (nSPS) is 15.6. The molecule has 0 amide bonds. The number of hydrogen-bond donors (Lipinski definition) is 2. The van der Waals surface area contributed by atoms with E-state index in [0.717, 1.165) is 18.1 Å². The van der Waals surface area contributed by atoms with Crippen molar-refractivity contribution in [1.82, 2.24) is 10.3 Å². The van der Waals surface area contributed by atoms with E-state index in [1.165, 1.54) is 18.4 Å². The van der Waals surface area contributed by atoms with Gasteiger partial charge >= 0.3 is 0 Å². The summed E-state index contributed by atoms with van der Waals surface area (Å²) in [5.41, 5.74) is 2.39. The van der Waals surface area contributed by atoms with Crippen LogP contribution in [0, 0.1) is 6.92 Å². The molecule has 0 atom stereocenters.